The Kier molecular flexibility index (Phi) is 2.25. The first-order valence-electron chi connectivity index (χ1n) is 3.65. The minimum Gasteiger partial charge on any atom is -0.298 e. The maximum atomic E-state index is 10.5. The fourth-order valence-electron chi connectivity index (χ4n) is 1.03. The second-order valence-corrected chi connectivity index (χ2v) is 2.75. The van der Waals surface area contributed by atoms with Crippen LogP contribution in [0.3, 0.4) is 0 Å². The van der Waals surface area contributed by atoms with Crippen LogP contribution >= 0.6 is 0 Å². The molecule has 0 saturated carbocycles. The lowest BCUT2D eigenvalue weighted by Crippen LogP contribution is -1.91. The number of nitrogens with zero attached hydrogens (tertiary/aromatic N) is 1. The van der Waals surface area contributed by atoms with Crippen molar-refractivity contribution in [1.82, 2.24) is 0 Å². The van der Waals surface area contributed by atoms with E-state index in [2.05, 4.69) is 0 Å². The Morgan fingerprint density at radius 2 is 1.92 bits per heavy atom. The fraction of sp³-hybridized carbons (Fsp3) is 0.200. The molecule has 0 aromatic heterocycles. The van der Waals surface area contributed by atoms with Crippen LogP contribution in [0, 0.1) is 25.2 Å². The molecule has 0 radical (unpaired) electrons. The van der Waals surface area contributed by atoms with Crippen molar-refractivity contribution in [3.8, 4) is 6.07 Å². The van der Waals surface area contributed by atoms with Gasteiger partial charge in [0.1, 0.15) is 0 Å². The topological polar surface area (TPSA) is 40.9 Å². The number of hydrogen-bond acceptors (Lipinski definition) is 2. The normalized spacial score (nSPS) is 9.08. The van der Waals surface area contributed by atoms with E-state index in [9.17, 15) is 4.79 Å². The van der Waals surface area contributed by atoms with Gasteiger partial charge >= 0.3 is 0 Å². The summed E-state index contributed by atoms with van der Waals surface area (Å²) in [5.41, 5.74) is 3.00. The van der Waals surface area contributed by atoms with Gasteiger partial charge in [0.2, 0.25) is 0 Å². The molecule has 1 rings (SSSR count). The van der Waals surface area contributed by atoms with E-state index in [1.165, 1.54) is 0 Å². The predicted octanol–water partition coefficient (Wildman–Crippen LogP) is 1.99. The first kappa shape index (κ1) is 8.48. The zero-order valence-electron chi connectivity index (χ0n) is 7.09. The molecule has 0 aliphatic heterocycles. The van der Waals surface area contributed by atoms with E-state index in [4.69, 9.17) is 5.26 Å². The minimum absolute atomic E-state index is 0.452. The van der Waals surface area contributed by atoms with Crippen molar-refractivity contribution < 1.29 is 4.79 Å². The van der Waals surface area contributed by atoms with Gasteiger partial charge in [-0.1, -0.05) is 0 Å². The largest absolute Gasteiger partial charge is 0.298 e. The van der Waals surface area contributed by atoms with Gasteiger partial charge in [-0.05, 0) is 37.1 Å². The van der Waals surface area contributed by atoms with Crippen molar-refractivity contribution in [1.29, 1.82) is 5.26 Å². The molecule has 2 heteroatoms. The van der Waals surface area contributed by atoms with Crippen LogP contribution in [0.25, 0.3) is 0 Å². The van der Waals surface area contributed by atoms with Crippen molar-refractivity contribution in [2.24, 2.45) is 0 Å². The van der Waals surface area contributed by atoms with Gasteiger partial charge < -0.3 is 0 Å². The monoisotopic (exact) mass is 159 g/mol. The van der Waals surface area contributed by atoms with Crippen LogP contribution < -0.4 is 0 Å². The Morgan fingerprint density at radius 3 is 2.42 bits per heavy atom. The van der Waals surface area contributed by atoms with Crippen molar-refractivity contribution >= 4 is 6.29 Å². The molecular weight excluding hydrogens is 150 g/mol. The lowest BCUT2D eigenvalue weighted by Gasteiger charge is -2.01. The summed E-state index contributed by atoms with van der Waals surface area (Å²) >= 11 is 0. The highest BCUT2D eigenvalue weighted by molar-refractivity contribution is 5.79. The van der Waals surface area contributed by atoms with Crippen LogP contribution in [0.4, 0.5) is 0 Å². The smallest absolute Gasteiger partial charge is 0.151 e. The predicted molar refractivity (Wildman–Crippen MR) is 46.0 cm³/mol. The third kappa shape index (κ3) is 1.35. The van der Waals surface area contributed by atoms with Crippen LogP contribution in [-0.2, 0) is 0 Å². The van der Waals surface area contributed by atoms with Crippen molar-refractivity contribution in [2.75, 3.05) is 0 Å². The molecule has 0 spiro atoms. The Balaban J connectivity index is 3.41. The molecule has 0 fully saturated rings. The van der Waals surface area contributed by atoms with Gasteiger partial charge in [0.25, 0.3) is 0 Å². The number of carbonyl (C=O) groups is 1. The number of hydrogen-bond donors (Lipinski definition) is 0. The molecule has 0 atom stereocenters. The third-order valence-electron chi connectivity index (χ3n) is 1.91. The molecule has 1 aromatic carbocycles. The number of nitriles is 1. The average Bonchev–Trinajstić information content (AvgIpc) is 2.09. The van der Waals surface area contributed by atoms with E-state index in [1.54, 1.807) is 12.1 Å². The average molecular weight is 159 g/mol. The Hall–Kier alpha value is -1.62. The summed E-state index contributed by atoms with van der Waals surface area (Å²) in [5.74, 6) is 0. The van der Waals surface area contributed by atoms with E-state index in [1.807, 2.05) is 19.9 Å². The maximum absolute atomic E-state index is 10.5. The van der Waals surface area contributed by atoms with E-state index < -0.39 is 0 Å². The molecule has 12 heavy (non-hydrogen) atoms. The molecule has 0 aliphatic carbocycles. The highest BCUT2D eigenvalue weighted by atomic mass is 16.1. The maximum Gasteiger partial charge on any atom is 0.151 e. The van der Waals surface area contributed by atoms with Gasteiger partial charge in [0.05, 0.1) is 11.6 Å². The standard InChI is InChI=1S/C10H9NO/c1-7-3-9(5-11)10(6-12)4-8(7)2/h3-4,6H,1-2H3. The summed E-state index contributed by atoms with van der Waals surface area (Å²) in [6.07, 6.45) is 0.713. The number of rotatable bonds is 1. The van der Waals surface area contributed by atoms with Crippen LogP contribution in [-0.4, -0.2) is 6.29 Å². The Labute approximate surface area is 71.4 Å². The molecule has 0 aliphatic rings. The zero-order chi connectivity index (χ0) is 9.14. The van der Waals surface area contributed by atoms with Gasteiger partial charge in [-0.25, -0.2) is 0 Å². The lowest BCUT2D eigenvalue weighted by atomic mass is 10.0. The fourth-order valence-corrected chi connectivity index (χ4v) is 1.03. The van der Waals surface area contributed by atoms with Gasteiger partial charge in [-0.3, -0.25) is 4.79 Å². The van der Waals surface area contributed by atoms with E-state index in [-0.39, 0.29) is 0 Å². The van der Waals surface area contributed by atoms with Crippen molar-refractivity contribution in [2.45, 2.75) is 13.8 Å². The van der Waals surface area contributed by atoms with E-state index >= 15 is 0 Å². The highest BCUT2D eigenvalue weighted by Crippen LogP contribution is 2.13. The van der Waals surface area contributed by atoms with Crippen LogP contribution in [0.1, 0.15) is 27.0 Å². The highest BCUT2D eigenvalue weighted by Gasteiger charge is 2.02. The number of benzene rings is 1. The SMILES string of the molecule is Cc1cc(C#N)c(C=O)cc1C. The second-order valence-electron chi connectivity index (χ2n) is 2.75. The summed E-state index contributed by atoms with van der Waals surface area (Å²) in [4.78, 5) is 10.5. The van der Waals surface area contributed by atoms with Gasteiger partial charge in [0, 0.05) is 5.56 Å². The zero-order valence-corrected chi connectivity index (χ0v) is 7.09. The molecule has 0 heterocycles. The summed E-state index contributed by atoms with van der Waals surface area (Å²) in [6, 6.07) is 5.46. The molecule has 0 saturated heterocycles. The number of aryl methyl sites for hydroxylation is 2. The van der Waals surface area contributed by atoms with Crippen LogP contribution in [0.5, 0.6) is 0 Å². The van der Waals surface area contributed by atoms with Crippen molar-refractivity contribution in [3.05, 3.63) is 34.4 Å². The molecule has 0 unspecified atom stereocenters. The van der Waals surface area contributed by atoms with Crippen LogP contribution in [0.2, 0.25) is 0 Å². The quantitative estimate of drug-likeness (QED) is 0.588. The minimum atomic E-state index is 0.452. The molecular formula is C10H9NO. The van der Waals surface area contributed by atoms with Crippen molar-refractivity contribution in [3.63, 3.8) is 0 Å². The Bertz CT molecular complexity index is 361. The molecule has 0 amide bonds. The molecule has 0 bridgehead atoms. The van der Waals surface area contributed by atoms with E-state index in [0.29, 0.717) is 17.4 Å². The van der Waals surface area contributed by atoms with Gasteiger partial charge in [0.15, 0.2) is 6.29 Å². The summed E-state index contributed by atoms with van der Waals surface area (Å²) < 4.78 is 0. The van der Waals surface area contributed by atoms with Gasteiger partial charge in [-0.2, -0.15) is 5.26 Å². The molecule has 2 nitrogen and oxygen atoms in total. The third-order valence-corrected chi connectivity index (χ3v) is 1.91. The number of aldehydes is 1. The van der Waals surface area contributed by atoms with E-state index in [0.717, 1.165) is 11.1 Å². The molecule has 60 valence electrons. The Morgan fingerprint density at radius 1 is 1.33 bits per heavy atom. The van der Waals surface area contributed by atoms with Crippen LogP contribution in [0.15, 0.2) is 12.1 Å². The summed E-state index contributed by atoms with van der Waals surface area (Å²) in [6.45, 7) is 3.84. The molecule has 1 aromatic rings. The summed E-state index contributed by atoms with van der Waals surface area (Å²) in [5, 5.41) is 8.66. The number of carbonyl (C=O) groups excluding carboxylic acids is 1. The van der Waals surface area contributed by atoms with Gasteiger partial charge in [-0.15, -0.1) is 0 Å². The molecule has 0 N–H and O–H groups in total. The summed E-state index contributed by atoms with van der Waals surface area (Å²) in [7, 11) is 0. The lowest BCUT2D eigenvalue weighted by molar-refractivity contribution is 0.112. The first-order valence-corrected chi connectivity index (χ1v) is 3.65. The first-order chi connectivity index (χ1) is 5.69. The second kappa shape index (κ2) is 3.19.